The first kappa shape index (κ1) is 10.5. The van der Waals surface area contributed by atoms with Crippen LogP contribution in [0.4, 0.5) is 4.39 Å². The van der Waals surface area contributed by atoms with Gasteiger partial charge in [-0.1, -0.05) is 17.7 Å². The van der Waals surface area contributed by atoms with Gasteiger partial charge in [-0.3, -0.25) is 0 Å². The van der Waals surface area contributed by atoms with E-state index in [1.807, 2.05) is 0 Å². The van der Waals surface area contributed by atoms with Gasteiger partial charge in [-0.25, -0.2) is 4.39 Å². The first-order valence-electron chi connectivity index (χ1n) is 4.17. The summed E-state index contributed by atoms with van der Waals surface area (Å²) in [5.41, 5.74) is 0.972. The fraction of sp³-hybridized carbons (Fsp3) is 0.400. The van der Waals surface area contributed by atoms with Gasteiger partial charge in [-0.2, -0.15) is 0 Å². The minimum absolute atomic E-state index is 0.291. The molecule has 0 N–H and O–H groups in total. The lowest BCUT2D eigenvalue weighted by Gasteiger charge is -2.03. The monoisotopic (exact) mass is 202 g/mol. The number of rotatable bonds is 4. The molecule has 0 amide bonds. The fourth-order valence-corrected chi connectivity index (χ4v) is 1.39. The van der Waals surface area contributed by atoms with Gasteiger partial charge in [-0.15, -0.1) is 0 Å². The van der Waals surface area contributed by atoms with Crippen LogP contribution in [-0.2, 0) is 11.2 Å². The number of methoxy groups -OCH3 is 1. The third-order valence-electron chi connectivity index (χ3n) is 1.81. The number of aryl methyl sites for hydroxylation is 1. The van der Waals surface area contributed by atoms with Gasteiger partial charge >= 0.3 is 0 Å². The van der Waals surface area contributed by atoms with Crippen LogP contribution in [0.5, 0.6) is 0 Å². The van der Waals surface area contributed by atoms with Crippen LogP contribution in [0, 0.1) is 5.82 Å². The predicted octanol–water partition coefficient (Wildman–Crippen LogP) is 3.06. The van der Waals surface area contributed by atoms with Crippen molar-refractivity contribution in [1.82, 2.24) is 0 Å². The standard InChI is InChI=1S/C10H12ClFO/c1-13-6-2-3-8-4-5-9(12)7-10(8)11/h4-5,7H,2-3,6H2,1H3. The maximum absolute atomic E-state index is 12.6. The molecule has 13 heavy (non-hydrogen) atoms. The fourth-order valence-electron chi connectivity index (χ4n) is 1.13. The van der Waals surface area contributed by atoms with Crippen molar-refractivity contribution in [2.45, 2.75) is 12.8 Å². The SMILES string of the molecule is COCCCc1ccc(F)cc1Cl. The van der Waals surface area contributed by atoms with E-state index in [4.69, 9.17) is 16.3 Å². The molecule has 0 bridgehead atoms. The molecule has 1 nitrogen and oxygen atoms in total. The maximum atomic E-state index is 12.6. The Balaban J connectivity index is 2.56. The Hall–Kier alpha value is -0.600. The Morgan fingerprint density at radius 2 is 2.23 bits per heavy atom. The van der Waals surface area contributed by atoms with Crippen molar-refractivity contribution in [2.75, 3.05) is 13.7 Å². The summed E-state index contributed by atoms with van der Waals surface area (Å²) in [6, 6.07) is 4.48. The molecule has 0 saturated heterocycles. The van der Waals surface area contributed by atoms with E-state index < -0.39 is 0 Å². The van der Waals surface area contributed by atoms with Gasteiger partial charge < -0.3 is 4.74 Å². The molecular formula is C10H12ClFO. The van der Waals surface area contributed by atoms with E-state index in [1.165, 1.54) is 12.1 Å². The molecule has 0 atom stereocenters. The molecule has 1 aromatic rings. The van der Waals surface area contributed by atoms with Crippen LogP contribution >= 0.6 is 11.6 Å². The van der Waals surface area contributed by atoms with E-state index in [-0.39, 0.29) is 5.82 Å². The lowest BCUT2D eigenvalue weighted by molar-refractivity contribution is 0.195. The highest BCUT2D eigenvalue weighted by Crippen LogP contribution is 2.18. The van der Waals surface area contributed by atoms with E-state index >= 15 is 0 Å². The van der Waals surface area contributed by atoms with Crippen molar-refractivity contribution < 1.29 is 9.13 Å². The Morgan fingerprint density at radius 3 is 2.85 bits per heavy atom. The van der Waals surface area contributed by atoms with Gasteiger partial charge in [0, 0.05) is 18.7 Å². The van der Waals surface area contributed by atoms with Gasteiger partial charge in [0.2, 0.25) is 0 Å². The zero-order valence-corrected chi connectivity index (χ0v) is 8.27. The maximum Gasteiger partial charge on any atom is 0.124 e. The van der Waals surface area contributed by atoms with Gasteiger partial charge in [0.25, 0.3) is 0 Å². The van der Waals surface area contributed by atoms with Crippen LogP contribution in [0.3, 0.4) is 0 Å². The molecular weight excluding hydrogens is 191 g/mol. The van der Waals surface area contributed by atoms with Gasteiger partial charge in [0.15, 0.2) is 0 Å². The molecule has 0 aliphatic rings. The van der Waals surface area contributed by atoms with Crippen molar-refractivity contribution in [3.63, 3.8) is 0 Å². The quantitative estimate of drug-likeness (QED) is 0.682. The molecule has 0 saturated carbocycles. The molecule has 0 unspecified atom stereocenters. The molecule has 0 radical (unpaired) electrons. The highest BCUT2D eigenvalue weighted by molar-refractivity contribution is 6.31. The van der Waals surface area contributed by atoms with E-state index in [2.05, 4.69) is 0 Å². The first-order valence-corrected chi connectivity index (χ1v) is 4.54. The van der Waals surface area contributed by atoms with E-state index in [1.54, 1.807) is 13.2 Å². The van der Waals surface area contributed by atoms with E-state index in [0.29, 0.717) is 11.6 Å². The van der Waals surface area contributed by atoms with Crippen molar-refractivity contribution >= 4 is 11.6 Å². The van der Waals surface area contributed by atoms with Crippen molar-refractivity contribution in [3.05, 3.63) is 34.6 Å². The molecule has 1 rings (SSSR count). The zero-order valence-electron chi connectivity index (χ0n) is 7.52. The smallest absolute Gasteiger partial charge is 0.124 e. The molecule has 0 fully saturated rings. The second-order valence-electron chi connectivity index (χ2n) is 2.83. The highest BCUT2D eigenvalue weighted by atomic mass is 35.5. The zero-order chi connectivity index (χ0) is 9.68. The van der Waals surface area contributed by atoms with Gasteiger partial charge in [-0.05, 0) is 30.5 Å². The van der Waals surface area contributed by atoms with Crippen LogP contribution in [0.1, 0.15) is 12.0 Å². The molecule has 72 valence electrons. The Kier molecular flexibility index (Phi) is 4.19. The Bertz CT molecular complexity index is 276. The van der Waals surface area contributed by atoms with Crippen LogP contribution < -0.4 is 0 Å². The molecule has 0 spiro atoms. The normalized spacial score (nSPS) is 10.4. The molecule has 0 heterocycles. The molecule has 0 aliphatic carbocycles. The second kappa shape index (κ2) is 5.20. The van der Waals surface area contributed by atoms with Crippen LogP contribution in [0.25, 0.3) is 0 Å². The molecule has 3 heteroatoms. The van der Waals surface area contributed by atoms with Crippen molar-refractivity contribution in [3.8, 4) is 0 Å². The minimum Gasteiger partial charge on any atom is -0.385 e. The summed E-state index contributed by atoms with van der Waals surface area (Å²) >= 11 is 5.83. The summed E-state index contributed by atoms with van der Waals surface area (Å²) in [6.07, 6.45) is 1.73. The lowest BCUT2D eigenvalue weighted by atomic mass is 10.1. The van der Waals surface area contributed by atoms with E-state index in [0.717, 1.165) is 18.4 Å². The topological polar surface area (TPSA) is 9.23 Å². The third-order valence-corrected chi connectivity index (χ3v) is 2.16. The number of halogens is 2. The van der Waals surface area contributed by atoms with Gasteiger partial charge in [0.05, 0.1) is 0 Å². The van der Waals surface area contributed by atoms with E-state index in [9.17, 15) is 4.39 Å². The van der Waals surface area contributed by atoms with Crippen molar-refractivity contribution in [1.29, 1.82) is 0 Å². The second-order valence-corrected chi connectivity index (χ2v) is 3.24. The predicted molar refractivity (Wildman–Crippen MR) is 51.6 cm³/mol. The summed E-state index contributed by atoms with van der Waals surface area (Å²) in [5, 5.41) is 0.496. The third kappa shape index (κ3) is 3.33. The molecule has 0 aliphatic heterocycles. The van der Waals surface area contributed by atoms with Crippen molar-refractivity contribution in [2.24, 2.45) is 0 Å². The highest BCUT2D eigenvalue weighted by Gasteiger charge is 2.00. The number of benzene rings is 1. The summed E-state index contributed by atoms with van der Waals surface area (Å²) in [5.74, 6) is -0.291. The lowest BCUT2D eigenvalue weighted by Crippen LogP contribution is -1.93. The minimum atomic E-state index is -0.291. The molecule has 1 aromatic carbocycles. The molecule has 0 aromatic heterocycles. The summed E-state index contributed by atoms with van der Waals surface area (Å²) in [4.78, 5) is 0. The number of hydrogen-bond donors (Lipinski definition) is 0. The van der Waals surface area contributed by atoms with Crippen LogP contribution in [0.15, 0.2) is 18.2 Å². The van der Waals surface area contributed by atoms with Crippen LogP contribution in [-0.4, -0.2) is 13.7 Å². The Morgan fingerprint density at radius 1 is 1.46 bits per heavy atom. The first-order chi connectivity index (χ1) is 6.24. The average molecular weight is 203 g/mol. The van der Waals surface area contributed by atoms with Gasteiger partial charge in [0.1, 0.15) is 5.82 Å². The number of ether oxygens (including phenoxy) is 1. The summed E-state index contributed by atoms with van der Waals surface area (Å²) in [6.45, 7) is 0.702. The largest absolute Gasteiger partial charge is 0.385 e. The van der Waals surface area contributed by atoms with Crippen LogP contribution in [0.2, 0.25) is 5.02 Å². The summed E-state index contributed by atoms with van der Waals surface area (Å²) < 4.78 is 17.5. The number of hydrogen-bond acceptors (Lipinski definition) is 1. The average Bonchev–Trinajstić information content (AvgIpc) is 2.09. The summed E-state index contributed by atoms with van der Waals surface area (Å²) in [7, 11) is 1.66. The Labute approximate surface area is 82.5 Å².